The Hall–Kier alpha value is -1.95. The van der Waals surface area contributed by atoms with Crippen LogP contribution in [-0.4, -0.2) is 23.9 Å². The number of rotatable bonds is 5. The second-order valence-corrected chi connectivity index (χ2v) is 9.19. The lowest BCUT2D eigenvalue weighted by atomic mass is 9.95. The van der Waals surface area contributed by atoms with Gasteiger partial charge in [-0.2, -0.15) is 0 Å². The van der Waals surface area contributed by atoms with Crippen LogP contribution in [0.3, 0.4) is 0 Å². The molecule has 1 aliphatic rings. The molecule has 5 heteroatoms. The minimum Gasteiger partial charge on any atom is -0.313 e. The van der Waals surface area contributed by atoms with E-state index in [0.29, 0.717) is 0 Å². The number of carbonyl (C=O) groups excluding carboxylic acids is 1. The van der Waals surface area contributed by atoms with Crippen LogP contribution in [0.2, 0.25) is 0 Å². The Balaban J connectivity index is 1.76. The van der Waals surface area contributed by atoms with E-state index >= 15 is 0 Å². The average molecular weight is 397 g/mol. The SMILES string of the molecule is Cc1sc(NC(=O)c2cccs2)c(C(c2ccccc2)N2CCCC2)c1C. The summed E-state index contributed by atoms with van der Waals surface area (Å²) >= 11 is 3.17. The van der Waals surface area contributed by atoms with Crippen molar-refractivity contribution in [3.8, 4) is 0 Å². The van der Waals surface area contributed by atoms with Crippen LogP contribution in [0, 0.1) is 13.8 Å². The number of hydrogen-bond donors (Lipinski definition) is 1. The number of aryl methyl sites for hydroxylation is 1. The van der Waals surface area contributed by atoms with E-state index in [1.165, 1.54) is 45.7 Å². The summed E-state index contributed by atoms with van der Waals surface area (Å²) in [5.74, 6) is -0.0132. The fourth-order valence-electron chi connectivity index (χ4n) is 3.83. The predicted octanol–water partition coefficient (Wildman–Crippen LogP) is 5.86. The van der Waals surface area contributed by atoms with Crippen molar-refractivity contribution >= 4 is 33.6 Å². The first-order valence-electron chi connectivity index (χ1n) is 9.39. The molecule has 3 aromatic rings. The maximum absolute atomic E-state index is 12.7. The summed E-state index contributed by atoms with van der Waals surface area (Å²) in [6, 6.07) is 14.7. The molecule has 0 radical (unpaired) electrons. The Morgan fingerprint density at radius 1 is 1.07 bits per heavy atom. The third-order valence-electron chi connectivity index (χ3n) is 5.30. The van der Waals surface area contributed by atoms with E-state index in [1.54, 1.807) is 11.3 Å². The van der Waals surface area contributed by atoms with Crippen molar-refractivity contribution in [1.29, 1.82) is 0 Å². The molecular weight excluding hydrogens is 372 g/mol. The van der Waals surface area contributed by atoms with Crippen molar-refractivity contribution < 1.29 is 4.79 Å². The van der Waals surface area contributed by atoms with Gasteiger partial charge >= 0.3 is 0 Å². The minimum absolute atomic E-state index is 0.0132. The molecule has 1 atom stereocenters. The summed E-state index contributed by atoms with van der Waals surface area (Å²) in [5, 5.41) is 6.14. The summed E-state index contributed by atoms with van der Waals surface area (Å²) in [5.41, 5.74) is 3.85. The van der Waals surface area contributed by atoms with Gasteiger partial charge in [-0.05, 0) is 62.4 Å². The van der Waals surface area contributed by atoms with E-state index < -0.39 is 0 Å². The average Bonchev–Trinajstić information content (AvgIpc) is 3.42. The van der Waals surface area contributed by atoms with Crippen LogP contribution in [-0.2, 0) is 0 Å². The highest BCUT2D eigenvalue weighted by molar-refractivity contribution is 7.17. The molecule has 0 bridgehead atoms. The van der Waals surface area contributed by atoms with Crippen LogP contribution in [0.4, 0.5) is 5.00 Å². The number of thiophene rings is 2. The molecule has 140 valence electrons. The van der Waals surface area contributed by atoms with Crippen LogP contribution in [0.5, 0.6) is 0 Å². The van der Waals surface area contributed by atoms with E-state index in [-0.39, 0.29) is 11.9 Å². The summed E-state index contributed by atoms with van der Waals surface area (Å²) < 4.78 is 0. The maximum Gasteiger partial charge on any atom is 0.266 e. The van der Waals surface area contributed by atoms with Crippen LogP contribution < -0.4 is 5.32 Å². The van der Waals surface area contributed by atoms with Gasteiger partial charge in [-0.15, -0.1) is 22.7 Å². The minimum atomic E-state index is -0.0132. The highest BCUT2D eigenvalue weighted by Crippen LogP contribution is 2.43. The van der Waals surface area contributed by atoms with E-state index in [1.807, 2.05) is 17.5 Å². The molecule has 0 saturated carbocycles. The molecule has 27 heavy (non-hydrogen) atoms. The van der Waals surface area contributed by atoms with E-state index in [9.17, 15) is 4.79 Å². The summed E-state index contributed by atoms with van der Waals surface area (Å²) in [6.07, 6.45) is 2.48. The molecule has 1 aliphatic heterocycles. The van der Waals surface area contributed by atoms with Gasteiger partial charge in [-0.1, -0.05) is 36.4 Å². The number of amides is 1. The van der Waals surface area contributed by atoms with Crippen LogP contribution in [0.15, 0.2) is 47.8 Å². The monoisotopic (exact) mass is 396 g/mol. The zero-order chi connectivity index (χ0) is 18.8. The number of benzene rings is 1. The van der Waals surface area contributed by atoms with Gasteiger partial charge in [0.2, 0.25) is 0 Å². The Kier molecular flexibility index (Phi) is 5.43. The molecular formula is C22H24N2OS2. The number of nitrogens with one attached hydrogen (secondary N) is 1. The van der Waals surface area contributed by atoms with Crippen molar-refractivity contribution in [1.82, 2.24) is 4.90 Å². The first-order chi connectivity index (χ1) is 13.1. The Morgan fingerprint density at radius 2 is 1.81 bits per heavy atom. The van der Waals surface area contributed by atoms with Gasteiger partial charge < -0.3 is 5.32 Å². The molecule has 4 rings (SSSR count). The highest BCUT2D eigenvalue weighted by atomic mass is 32.1. The van der Waals surface area contributed by atoms with Gasteiger partial charge in [0.05, 0.1) is 10.9 Å². The molecule has 0 aliphatic carbocycles. The highest BCUT2D eigenvalue weighted by Gasteiger charge is 2.30. The van der Waals surface area contributed by atoms with E-state index in [0.717, 1.165) is 23.0 Å². The van der Waals surface area contributed by atoms with Crippen LogP contribution in [0.1, 0.15) is 50.1 Å². The van der Waals surface area contributed by atoms with Crippen molar-refractivity contribution in [2.75, 3.05) is 18.4 Å². The Morgan fingerprint density at radius 3 is 2.48 bits per heavy atom. The van der Waals surface area contributed by atoms with Crippen molar-refractivity contribution in [2.24, 2.45) is 0 Å². The summed E-state index contributed by atoms with van der Waals surface area (Å²) in [7, 11) is 0. The fraction of sp³-hybridized carbons (Fsp3) is 0.318. The van der Waals surface area contributed by atoms with Gasteiger partial charge in [0.15, 0.2) is 0 Å². The largest absolute Gasteiger partial charge is 0.313 e. The molecule has 2 aromatic heterocycles. The van der Waals surface area contributed by atoms with Gasteiger partial charge in [0, 0.05) is 10.4 Å². The Labute approximate surface area is 168 Å². The topological polar surface area (TPSA) is 32.3 Å². The van der Waals surface area contributed by atoms with Crippen LogP contribution >= 0.6 is 22.7 Å². The summed E-state index contributed by atoms with van der Waals surface area (Å²) in [6.45, 7) is 6.54. The number of carbonyl (C=O) groups is 1. The lowest BCUT2D eigenvalue weighted by Gasteiger charge is -2.29. The van der Waals surface area contributed by atoms with Gasteiger partial charge in [-0.3, -0.25) is 9.69 Å². The van der Waals surface area contributed by atoms with E-state index in [4.69, 9.17) is 0 Å². The normalized spacial score (nSPS) is 15.8. The smallest absolute Gasteiger partial charge is 0.266 e. The molecule has 0 spiro atoms. The molecule has 1 unspecified atom stereocenters. The Bertz CT molecular complexity index is 909. The number of likely N-dealkylation sites (tertiary alicyclic amines) is 1. The molecule has 1 fully saturated rings. The number of nitrogens with zero attached hydrogens (tertiary/aromatic N) is 1. The third kappa shape index (κ3) is 3.72. The third-order valence-corrected chi connectivity index (χ3v) is 7.31. The zero-order valence-electron chi connectivity index (χ0n) is 15.7. The van der Waals surface area contributed by atoms with Crippen LogP contribution in [0.25, 0.3) is 0 Å². The second-order valence-electron chi connectivity index (χ2n) is 7.01. The first-order valence-corrected chi connectivity index (χ1v) is 11.1. The van der Waals surface area contributed by atoms with Crippen molar-refractivity contribution in [3.05, 3.63) is 74.3 Å². The maximum atomic E-state index is 12.7. The molecule has 3 nitrogen and oxygen atoms in total. The lowest BCUT2D eigenvalue weighted by Crippen LogP contribution is -2.27. The van der Waals surface area contributed by atoms with Gasteiger partial charge in [-0.25, -0.2) is 0 Å². The lowest BCUT2D eigenvalue weighted by molar-refractivity contribution is 0.103. The first kappa shape index (κ1) is 18.4. The molecule has 1 amide bonds. The van der Waals surface area contributed by atoms with Gasteiger partial charge in [0.25, 0.3) is 5.91 Å². The van der Waals surface area contributed by atoms with Gasteiger partial charge in [0.1, 0.15) is 5.00 Å². The molecule has 1 aromatic carbocycles. The van der Waals surface area contributed by atoms with Crippen molar-refractivity contribution in [3.63, 3.8) is 0 Å². The molecule has 1 N–H and O–H groups in total. The van der Waals surface area contributed by atoms with Crippen molar-refractivity contribution in [2.45, 2.75) is 32.7 Å². The quantitative estimate of drug-likeness (QED) is 0.585. The standard InChI is InChI=1S/C22H24N2OS2/c1-15-16(2)27-22(23-21(25)18-11-8-14-26-18)19(15)20(24-12-6-7-13-24)17-9-4-3-5-10-17/h3-5,8-11,14,20H,6-7,12-13H2,1-2H3,(H,23,25). The summed E-state index contributed by atoms with van der Waals surface area (Å²) in [4.78, 5) is 17.3. The zero-order valence-corrected chi connectivity index (χ0v) is 17.3. The van der Waals surface area contributed by atoms with E-state index in [2.05, 4.69) is 54.4 Å². The second kappa shape index (κ2) is 7.97. The molecule has 3 heterocycles. The number of hydrogen-bond acceptors (Lipinski definition) is 4. The fourth-order valence-corrected chi connectivity index (χ4v) is 5.54. The predicted molar refractivity (Wildman–Crippen MR) is 115 cm³/mol. The molecule has 1 saturated heterocycles. The number of anilines is 1.